The molecule has 0 N–H and O–H groups in total. The summed E-state index contributed by atoms with van der Waals surface area (Å²) in [6, 6.07) is 9.11. The van der Waals surface area contributed by atoms with Gasteiger partial charge in [-0.05, 0) is 30.9 Å². The molecule has 118 valence electrons. The summed E-state index contributed by atoms with van der Waals surface area (Å²) in [6.45, 7) is 4.95. The third kappa shape index (κ3) is 7.86. The van der Waals surface area contributed by atoms with E-state index in [1.165, 1.54) is 19.3 Å². The maximum atomic E-state index is 12.0. The summed E-state index contributed by atoms with van der Waals surface area (Å²) in [5.41, 5.74) is 0.596. The van der Waals surface area contributed by atoms with Crippen LogP contribution in [0.4, 0.5) is 0 Å². The second kappa shape index (κ2) is 10.4. The molecule has 0 aromatic heterocycles. The van der Waals surface area contributed by atoms with Gasteiger partial charge in [0.05, 0.1) is 12.2 Å². The van der Waals surface area contributed by atoms with Gasteiger partial charge in [0.25, 0.3) is 0 Å². The van der Waals surface area contributed by atoms with Crippen molar-refractivity contribution in [3.8, 4) is 0 Å². The number of rotatable bonds is 10. The van der Waals surface area contributed by atoms with Gasteiger partial charge in [0.1, 0.15) is 6.10 Å². The Balaban J connectivity index is 2.34. The normalized spacial score (nSPS) is 12.4. The number of esters is 1. The largest absolute Gasteiger partial charge is 0.456 e. The van der Waals surface area contributed by atoms with Crippen molar-refractivity contribution in [2.75, 3.05) is 13.7 Å². The third-order valence-corrected chi connectivity index (χ3v) is 3.44. The minimum atomic E-state index is -0.264. The fourth-order valence-corrected chi connectivity index (χ4v) is 2.26. The number of unbranched alkanes of at least 4 members (excludes halogenated alkanes) is 2. The molecule has 21 heavy (non-hydrogen) atoms. The number of hydrogen-bond donors (Lipinski definition) is 0. The summed E-state index contributed by atoms with van der Waals surface area (Å²) in [6.07, 6.45) is 5.47. The summed E-state index contributed by atoms with van der Waals surface area (Å²) in [5, 5.41) is 0. The highest BCUT2D eigenvalue weighted by molar-refractivity contribution is 5.89. The smallest absolute Gasteiger partial charge is 0.338 e. The molecule has 0 aliphatic rings. The molecule has 1 rings (SSSR count). The van der Waals surface area contributed by atoms with E-state index in [0.717, 1.165) is 18.8 Å². The number of hydrogen-bond acceptors (Lipinski definition) is 3. The van der Waals surface area contributed by atoms with Crippen LogP contribution in [0.25, 0.3) is 0 Å². The van der Waals surface area contributed by atoms with Gasteiger partial charge in [-0.25, -0.2) is 4.79 Å². The zero-order chi connectivity index (χ0) is 15.5. The van der Waals surface area contributed by atoms with Crippen LogP contribution in [0.3, 0.4) is 0 Å². The standard InChI is InChI=1S/C18H28O3/c1-15(2)10-6-4-9-13-17(14-20-3)21-18(19)16-11-7-5-8-12-16/h5,7-8,11-12,15,17H,4,6,9-10,13-14H2,1-3H3. The molecular formula is C18H28O3. The Labute approximate surface area is 128 Å². The number of ether oxygens (including phenoxy) is 2. The molecule has 1 aromatic rings. The molecular weight excluding hydrogens is 264 g/mol. The lowest BCUT2D eigenvalue weighted by Gasteiger charge is -2.17. The van der Waals surface area contributed by atoms with Crippen LogP contribution in [-0.2, 0) is 9.47 Å². The van der Waals surface area contributed by atoms with Crippen LogP contribution in [0.5, 0.6) is 0 Å². The van der Waals surface area contributed by atoms with Gasteiger partial charge in [0.15, 0.2) is 0 Å². The highest BCUT2D eigenvalue weighted by Gasteiger charge is 2.15. The molecule has 0 heterocycles. The predicted octanol–water partition coefficient (Wildman–Crippen LogP) is 4.46. The van der Waals surface area contributed by atoms with E-state index in [-0.39, 0.29) is 12.1 Å². The molecule has 0 saturated carbocycles. The summed E-state index contributed by atoms with van der Waals surface area (Å²) in [5.74, 6) is 0.496. The Morgan fingerprint density at radius 1 is 1.05 bits per heavy atom. The third-order valence-electron chi connectivity index (χ3n) is 3.44. The SMILES string of the molecule is COCC(CCCCCC(C)C)OC(=O)c1ccccc1. The summed E-state index contributed by atoms with van der Waals surface area (Å²) < 4.78 is 10.7. The van der Waals surface area contributed by atoms with E-state index >= 15 is 0 Å². The molecule has 0 aliphatic carbocycles. The molecule has 1 atom stereocenters. The van der Waals surface area contributed by atoms with E-state index in [9.17, 15) is 4.79 Å². The lowest BCUT2D eigenvalue weighted by molar-refractivity contribution is 0.00236. The van der Waals surface area contributed by atoms with E-state index in [2.05, 4.69) is 13.8 Å². The van der Waals surface area contributed by atoms with Crippen molar-refractivity contribution in [2.45, 2.75) is 52.1 Å². The van der Waals surface area contributed by atoms with Gasteiger partial charge >= 0.3 is 5.97 Å². The Kier molecular flexibility index (Phi) is 8.76. The van der Waals surface area contributed by atoms with Gasteiger partial charge in [-0.15, -0.1) is 0 Å². The fraction of sp³-hybridized carbons (Fsp3) is 0.611. The molecule has 0 radical (unpaired) electrons. The van der Waals surface area contributed by atoms with E-state index in [1.807, 2.05) is 18.2 Å². The Hall–Kier alpha value is -1.35. The summed E-state index contributed by atoms with van der Waals surface area (Å²) >= 11 is 0. The van der Waals surface area contributed by atoms with Crippen molar-refractivity contribution in [1.29, 1.82) is 0 Å². The average molecular weight is 292 g/mol. The van der Waals surface area contributed by atoms with Crippen molar-refractivity contribution < 1.29 is 14.3 Å². The van der Waals surface area contributed by atoms with Gasteiger partial charge in [0, 0.05) is 7.11 Å². The zero-order valence-corrected chi connectivity index (χ0v) is 13.5. The van der Waals surface area contributed by atoms with Crippen LogP contribution in [0, 0.1) is 5.92 Å². The van der Waals surface area contributed by atoms with Crippen molar-refractivity contribution in [3.63, 3.8) is 0 Å². The van der Waals surface area contributed by atoms with Gasteiger partial charge in [-0.2, -0.15) is 0 Å². The molecule has 3 nitrogen and oxygen atoms in total. The lowest BCUT2D eigenvalue weighted by Crippen LogP contribution is -2.23. The first-order valence-electron chi connectivity index (χ1n) is 7.88. The van der Waals surface area contributed by atoms with Crippen LogP contribution >= 0.6 is 0 Å². The fourth-order valence-electron chi connectivity index (χ4n) is 2.26. The van der Waals surface area contributed by atoms with Gasteiger partial charge < -0.3 is 9.47 Å². The zero-order valence-electron chi connectivity index (χ0n) is 13.5. The molecule has 0 bridgehead atoms. The van der Waals surface area contributed by atoms with Crippen molar-refractivity contribution in [3.05, 3.63) is 35.9 Å². The molecule has 0 saturated heterocycles. The van der Waals surface area contributed by atoms with Crippen LogP contribution in [0.2, 0.25) is 0 Å². The average Bonchev–Trinajstić information content (AvgIpc) is 2.47. The highest BCUT2D eigenvalue weighted by atomic mass is 16.6. The first-order valence-corrected chi connectivity index (χ1v) is 7.88. The monoisotopic (exact) mass is 292 g/mol. The van der Waals surface area contributed by atoms with Gasteiger partial charge in [0.2, 0.25) is 0 Å². The van der Waals surface area contributed by atoms with Gasteiger partial charge in [-0.3, -0.25) is 0 Å². The lowest BCUT2D eigenvalue weighted by atomic mass is 10.0. The van der Waals surface area contributed by atoms with Crippen LogP contribution in [0.15, 0.2) is 30.3 Å². The summed E-state index contributed by atoms with van der Waals surface area (Å²) in [7, 11) is 1.64. The van der Waals surface area contributed by atoms with Crippen molar-refractivity contribution in [1.82, 2.24) is 0 Å². The molecule has 0 aliphatic heterocycles. The van der Waals surface area contributed by atoms with Crippen molar-refractivity contribution >= 4 is 5.97 Å². The number of methoxy groups -OCH3 is 1. The molecule has 0 fully saturated rings. The van der Waals surface area contributed by atoms with Crippen LogP contribution in [-0.4, -0.2) is 25.8 Å². The molecule has 1 unspecified atom stereocenters. The van der Waals surface area contributed by atoms with E-state index in [1.54, 1.807) is 19.2 Å². The Morgan fingerprint density at radius 2 is 1.71 bits per heavy atom. The highest BCUT2D eigenvalue weighted by Crippen LogP contribution is 2.13. The summed E-state index contributed by atoms with van der Waals surface area (Å²) in [4.78, 5) is 12.0. The second-order valence-corrected chi connectivity index (χ2v) is 5.88. The number of benzene rings is 1. The number of carbonyl (C=O) groups excluding carboxylic acids is 1. The maximum absolute atomic E-state index is 12.0. The second-order valence-electron chi connectivity index (χ2n) is 5.88. The minimum Gasteiger partial charge on any atom is -0.456 e. The molecule has 0 amide bonds. The maximum Gasteiger partial charge on any atom is 0.338 e. The van der Waals surface area contributed by atoms with Crippen molar-refractivity contribution in [2.24, 2.45) is 5.92 Å². The van der Waals surface area contributed by atoms with E-state index in [0.29, 0.717) is 12.2 Å². The Bertz CT molecular complexity index is 387. The molecule has 1 aromatic carbocycles. The van der Waals surface area contributed by atoms with Gasteiger partial charge in [-0.1, -0.05) is 51.3 Å². The Morgan fingerprint density at radius 3 is 2.33 bits per heavy atom. The van der Waals surface area contributed by atoms with E-state index in [4.69, 9.17) is 9.47 Å². The molecule has 0 spiro atoms. The van der Waals surface area contributed by atoms with E-state index < -0.39 is 0 Å². The molecule has 3 heteroatoms. The minimum absolute atomic E-state index is 0.151. The topological polar surface area (TPSA) is 35.5 Å². The van der Waals surface area contributed by atoms with Crippen LogP contribution < -0.4 is 0 Å². The number of carbonyl (C=O) groups is 1. The first-order chi connectivity index (χ1) is 10.1. The van der Waals surface area contributed by atoms with Crippen LogP contribution in [0.1, 0.15) is 56.3 Å². The quantitative estimate of drug-likeness (QED) is 0.471. The first kappa shape index (κ1) is 17.7. The predicted molar refractivity (Wildman–Crippen MR) is 85.4 cm³/mol.